The predicted octanol–water partition coefficient (Wildman–Crippen LogP) is 3.62. The van der Waals surface area contributed by atoms with Crippen molar-refractivity contribution in [3.8, 4) is 0 Å². The monoisotopic (exact) mass is 370 g/mol. The Hall–Kier alpha value is -2.11. The Labute approximate surface area is 141 Å². The Morgan fingerprint density at radius 2 is 1.87 bits per heavy atom. The number of aromatic nitrogens is 1. The number of hydrogen-bond acceptors (Lipinski definition) is 2. The molecule has 116 valence electrons. The molecular formula is C18H15BrN2O2. The lowest BCUT2D eigenvalue weighted by Crippen LogP contribution is -2.45. The van der Waals surface area contributed by atoms with E-state index in [9.17, 15) is 9.90 Å². The first-order valence-electron chi connectivity index (χ1n) is 7.48. The number of benzene rings is 2. The number of rotatable bonds is 2. The van der Waals surface area contributed by atoms with Crippen LogP contribution >= 0.6 is 15.9 Å². The van der Waals surface area contributed by atoms with Gasteiger partial charge in [-0.3, -0.25) is 10.1 Å². The Morgan fingerprint density at radius 3 is 2.65 bits per heavy atom. The molecule has 4 nitrogen and oxygen atoms in total. The largest absolute Gasteiger partial charge is 0.480 e. The lowest BCUT2D eigenvalue weighted by molar-refractivity contribution is -0.139. The highest BCUT2D eigenvalue weighted by Crippen LogP contribution is 2.37. The summed E-state index contributed by atoms with van der Waals surface area (Å²) in [5.41, 5.74) is 4.22. The van der Waals surface area contributed by atoms with Gasteiger partial charge >= 0.3 is 5.97 Å². The van der Waals surface area contributed by atoms with E-state index in [0.29, 0.717) is 6.42 Å². The molecule has 2 atom stereocenters. The van der Waals surface area contributed by atoms with Crippen molar-refractivity contribution in [3.05, 3.63) is 69.8 Å². The summed E-state index contributed by atoms with van der Waals surface area (Å²) in [5.74, 6) is -0.821. The van der Waals surface area contributed by atoms with E-state index in [1.54, 1.807) is 0 Å². The second-order valence-electron chi connectivity index (χ2n) is 5.78. The van der Waals surface area contributed by atoms with Crippen molar-refractivity contribution in [2.24, 2.45) is 0 Å². The fraction of sp³-hybridized carbons (Fsp3) is 0.167. The minimum absolute atomic E-state index is 0.178. The molecule has 3 N–H and O–H groups in total. The molecule has 1 aliphatic rings. The number of hydrogen-bond donors (Lipinski definition) is 3. The summed E-state index contributed by atoms with van der Waals surface area (Å²) >= 11 is 3.58. The minimum atomic E-state index is -0.821. The van der Waals surface area contributed by atoms with Crippen molar-refractivity contribution in [2.45, 2.75) is 18.5 Å². The smallest absolute Gasteiger partial charge is 0.321 e. The van der Waals surface area contributed by atoms with Gasteiger partial charge in [-0.15, -0.1) is 0 Å². The molecule has 3 aromatic rings. The van der Waals surface area contributed by atoms with Crippen molar-refractivity contribution in [3.63, 3.8) is 0 Å². The molecular weight excluding hydrogens is 356 g/mol. The maximum Gasteiger partial charge on any atom is 0.321 e. The number of H-pyrrole nitrogens is 1. The number of nitrogens with one attached hydrogen (secondary N) is 2. The van der Waals surface area contributed by atoms with E-state index in [0.717, 1.165) is 32.2 Å². The molecule has 1 aromatic heterocycles. The third-order valence-corrected chi connectivity index (χ3v) is 5.15. The SMILES string of the molecule is O=C(O)[C@@H]1Cc2c([nH]c3ccccc23)[C@@H](c2ccccc2Br)N1. The van der Waals surface area contributed by atoms with Gasteiger partial charge in [-0.2, -0.15) is 0 Å². The zero-order valence-corrected chi connectivity index (χ0v) is 13.8. The van der Waals surface area contributed by atoms with Crippen LogP contribution < -0.4 is 5.32 Å². The molecule has 0 radical (unpaired) electrons. The quantitative estimate of drug-likeness (QED) is 0.645. The number of aliphatic carboxylic acids is 1. The zero-order valence-electron chi connectivity index (χ0n) is 12.2. The van der Waals surface area contributed by atoms with Crippen LogP contribution in [0.15, 0.2) is 53.0 Å². The van der Waals surface area contributed by atoms with Gasteiger partial charge < -0.3 is 10.1 Å². The molecule has 0 saturated heterocycles. The summed E-state index contributed by atoms with van der Waals surface area (Å²) in [7, 11) is 0. The molecule has 0 unspecified atom stereocenters. The molecule has 23 heavy (non-hydrogen) atoms. The lowest BCUT2D eigenvalue weighted by Gasteiger charge is -2.30. The Kier molecular flexibility index (Phi) is 3.47. The maximum absolute atomic E-state index is 11.6. The second-order valence-corrected chi connectivity index (χ2v) is 6.63. The van der Waals surface area contributed by atoms with Crippen LogP contribution in [-0.2, 0) is 11.2 Å². The first-order valence-corrected chi connectivity index (χ1v) is 8.27. The van der Waals surface area contributed by atoms with Crippen LogP contribution in [0.5, 0.6) is 0 Å². The van der Waals surface area contributed by atoms with Crippen LogP contribution in [0.25, 0.3) is 10.9 Å². The van der Waals surface area contributed by atoms with Crippen LogP contribution in [0.4, 0.5) is 0 Å². The van der Waals surface area contributed by atoms with Crippen LogP contribution in [0.3, 0.4) is 0 Å². The van der Waals surface area contributed by atoms with Crippen molar-refractivity contribution >= 4 is 32.8 Å². The Balaban J connectivity index is 1.93. The standard InChI is InChI=1S/C18H15BrN2O2/c19-13-7-3-1-6-11(13)16-17-12(9-15(21-16)18(22)23)10-5-2-4-8-14(10)20-17/h1-8,15-16,20-21H,9H2,(H,22,23)/t15-,16+/m0/s1. The van der Waals surface area contributed by atoms with Gasteiger partial charge in [0.15, 0.2) is 0 Å². The van der Waals surface area contributed by atoms with E-state index in [1.165, 1.54) is 0 Å². The van der Waals surface area contributed by atoms with Gasteiger partial charge in [0.1, 0.15) is 6.04 Å². The fourth-order valence-corrected chi connectivity index (χ4v) is 3.86. The molecule has 1 aliphatic heterocycles. The van der Waals surface area contributed by atoms with E-state index in [2.05, 4.69) is 26.2 Å². The molecule has 0 saturated carbocycles. The lowest BCUT2D eigenvalue weighted by atomic mass is 9.90. The van der Waals surface area contributed by atoms with Gasteiger partial charge in [-0.1, -0.05) is 52.3 Å². The first kappa shape index (κ1) is 14.5. The van der Waals surface area contributed by atoms with E-state index in [4.69, 9.17) is 0 Å². The maximum atomic E-state index is 11.6. The van der Waals surface area contributed by atoms with E-state index in [-0.39, 0.29) is 6.04 Å². The highest BCUT2D eigenvalue weighted by Gasteiger charge is 2.34. The number of carbonyl (C=O) groups is 1. The van der Waals surface area contributed by atoms with Crippen LogP contribution in [-0.4, -0.2) is 22.1 Å². The third kappa shape index (κ3) is 2.36. The molecule has 0 bridgehead atoms. The van der Waals surface area contributed by atoms with E-state index >= 15 is 0 Å². The number of halogens is 1. The van der Waals surface area contributed by atoms with Crippen LogP contribution in [0.2, 0.25) is 0 Å². The third-order valence-electron chi connectivity index (χ3n) is 4.43. The molecule has 2 heterocycles. The minimum Gasteiger partial charge on any atom is -0.480 e. The molecule has 4 rings (SSSR count). The summed E-state index contributed by atoms with van der Waals surface area (Å²) in [5, 5.41) is 13.9. The van der Waals surface area contributed by atoms with Gasteiger partial charge in [0, 0.05) is 27.5 Å². The van der Waals surface area contributed by atoms with Crippen LogP contribution in [0.1, 0.15) is 22.9 Å². The average molecular weight is 371 g/mol. The molecule has 0 aliphatic carbocycles. The zero-order chi connectivity index (χ0) is 16.0. The van der Waals surface area contributed by atoms with Gasteiger partial charge in [-0.05, 0) is 23.3 Å². The van der Waals surface area contributed by atoms with Crippen LogP contribution in [0, 0.1) is 0 Å². The van der Waals surface area contributed by atoms with Gasteiger partial charge in [0.2, 0.25) is 0 Å². The summed E-state index contributed by atoms with van der Waals surface area (Å²) in [4.78, 5) is 15.1. The summed E-state index contributed by atoms with van der Waals surface area (Å²) in [6.45, 7) is 0. The highest BCUT2D eigenvalue weighted by molar-refractivity contribution is 9.10. The number of carboxylic acid groups (broad SMARTS) is 1. The number of fused-ring (bicyclic) bond motifs is 3. The molecule has 2 aromatic carbocycles. The van der Waals surface area contributed by atoms with Crippen molar-refractivity contribution in [2.75, 3.05) is 0 Å². The van der Waals surface area contributed by atoms with Crippen molar-refractivity contribution in [1.82, 2.24) is 10.3 Å². The normalized spacial score (nSPS) is 20.4. The second kappa shape index (κ2) is 5.51. The molecule has 0 fully saturated rings. The van der Waals surface area contributed by atoms with E-state index < -0.39 is 12.0 Å². The van der Waals surface area contributed by atoms with Crippen molar-refractivity contribution < 1.29 is 9.90 Å². The van der Waals surface area contributed by atoms with E-state index in [1.807, 2.05) is 48.5 Å². The van der Waals surface area contributed by atoms with Gasteiger partial charge in [0.05, 0.1) is 6.04 Å². The fourth-order valence-electron chi connectivity index (χ4n) is 3.35. The first-order chi connectivity index (χ1) is 11.1. The summed E-state index contributed by atoms with van der Waals surface area (Å²) < 4.78 is 0.966. The molecule has 0 amide bonds. The summed E-state index contributed by atoms with van der Waals surface area (Å²) in [6.07, 6.45) is 0.482. The highest BCUT2D eigenvalue weighted by atomic mass is 79.9. The molecule has 5 heteroatoms. The topological polar surface area (TPSA) is 65.1 Å². The van der Waals surface area contributed by atoms with Gasteiger partial charge in [-0.25, -0.2) is 0 Å². The molecule has 0 spiro atoms. The Bertz CT molecular complexity index is 903. The summed E-state index contributed by atoms with van der Waals surface area (Å²) in [6, 6.07) is 15.2. The number of para-hydroxylation sites is 1. The number of carboxylic acids is 1. The van der Waals surface area contributed by atoms with Gasteiger partial charge in [0.25, 0.3) is 0 Å². The predicted molar refractivity (Wildman–Crippen MR) is 92.5 cm³/mol. The average Bonchev–Trinajstić information content (AvgIpc) is 2.93. The Morgan fingerprint density at radius 1 is 1.13 bits per heavy atom. The van der Waals surface area contributed by atoms with Crippen molar-refractivity contribution in [1.29, 1.82) is 0 Å². The number of aromatic amines is 1.